The van der Waals surface area contributed by atoms with Crippen LogP contribution in [0.4, 0.5) is 4.79 Å². The fraction of sp³-hybridized carbons (Fsp3) is 0.386. The molecule has 6 rings (SSSR count). The molecule has 0 fully saturated rings. The molecule has 0 unspecified atom stereocenters. The van der Waals surface area contributed by atoms with Crippen LogP contribution >= 0.6 is 23.4 Å². The minimum atomic E-state index is -0.793. The molecule has 1 aliphatic rings. The minimum Gasteiger partial charge on any atom is -0.507 e. The highest BCUT2D eigenvalue weighted by Gasteiger charge is 2.32. The standard InChI is InChI=1S/C44H51ClN6O7S/c1-26(52)57-19-11-14-32-33-16-17-34(45)38(40(33)49(6)41(32)42(54)56-7)39-35(48-51-18-10-15-36(39)51)24-50(43(55)58-44(2,3)4)23-28(46)21-29(47-5)25-59-30-20-27-12-8-9-13-31(27)37(53)22-30/h8-9,12-13,16-17,20-22,53H,10-11,14-15,18-19,23-25,46H2,1-7H3/b28-21-,47-29?. The summed E-state index contributed by atoms with van der Waals surface area (Å²) in [6.45, 7) is 7.72. The number of phenols is 1. The number of ether oxygens (including phenoxy) is 3. The Morgan fingerprint density at radius 3 is 2.59 bits per heavy atom. The normalized spacial score (nSPS) is 13.2. The van der Waals surface area contributed by atoms with Crippen LogP contribution in [0.1, 0.15) is 68.0 Å². The Hall–Kier alpha value is -5.47. The zero-order valence-electron chi connectivity index (χ0n) is 34.6. The molecule has 0 bridgehead atoms. The maximum Gasteiger partial charge on any atom is 0.410 e. The van der Waals surface area contributed by atoms with E-state index in [2.05, 4.69) is 4.99 Å². The highest BCUT2D eigenvalue weighted by atomic mass is 35.5. The van der Waals surface area contributed by atoms with Crippen molar-refractivity contribution < 1.29 is 33.7 Å². The summed E-state index contributed by atoms with van der Waals surface area (Å²) in [5.41, 5.74) is 11.9. The van der Waals surface area contributed by atoms with Gasteiger partial charge < -0.3 is 29.6 Å². The maximum atomic E-state index is 14.0. The van der Waals surface area contributed by atoms with E-state index in [1.165, 1.54) is 30.7 Å². The summed E-state index contributed by atoms with van der Waals surface area (Å²) in [5, 5.41) is 18.6. The summed E-state index contributed by atoms with van der Waals surface area (Å²) in [6.07, 6.45) is 3.74. The minimum absolute atomic E-state index is 0.0120. The second-order valence-corrected chi connectivity index (χ2v) is 16.9. The summed E-state index contributed by atoms with van der Waals surface area (Å²) in [6, 6.07) is 15.1. The van der Waals surface area contributed by atoms with E-state index >= 15 is 0 Å². The zero-order chi connectivity index (χ0) is 42.6. The van der Waals surface area contributed by atoms with Crippen molar-refractivity contribution in [3.05, 3.63) is 88.0 Å². The molecule has 5 aromatic rings. The van der Waals surface area contributed by atoms with E-state index in [4.69, 9.17) is 36.6 Å². The molecule has 15 heteroatoms. The lowest BCUT2D eigenvalue weighted by molar-refractivity contribution is -0.141. The second-order valence-electron chi connectivity index (χ2n) is 15.5. The van der Waals surface area contributed by atoms with Gasteiger partial charge in [0, 0.05) is 77.2 Å². The number of rotatable bonds is 14. The molecule has 3 aromatic carbocycles. The average molecular weight is 843 g/mol. The lowest BCUT2D eigenvalue weighted by atomic mass is 9.97. The number of amides is 1. The fourth-order valence-corrected chi connectivity index (χ4v) is 8.73. The first-order valence-electron chi connectivity index (χ1n) is 19.4. The number of methoxy groups -OCH3 is 1. The van der Waals surface area contributed by atoms with E-state index in [-0.39, 0.29) is 31.4 Å². The lowest BCUT2D eigenvalue weighted by Crippen LogP contribution is -2.39. The number of nitrogens with two attached hydrogens (primary N) is 1. The molecular formula is C44H51ClN6O7S. The molecule has 59 heavy (non-hydrogen) atoms. The SMILES string of the molecule is CN=C(/C=C(\N)CN(Cc1nn2c(c1-c1c(Cl)ccc3c(CCCOC(C)=O)c(C(=O)OC)n(C)c13)CCC2)C(=O)OC(C)(C)C)CSc1cc(O)c2ccccc2c1. The number of carbonyl (C=O) groups excluding carboxylic acids is 3. The van der Waals surface area contributed by atoms with Crippen LogP contribution < -0.4 is 5.73 Å². The Morgan fingerprint density at radius 1 is 1.12 bits per heavy atom. The first kappa shape index (κ1) is 43.1. The van der Waals surface area contributed by atoms with Gasteiger partial charge in [0.25, 0.3) is 0 Å². The molecule has 1 amide bonds. The van der Waals surface area contributed by atoms with E-state index in [0.717, 1.165) is 50.7 Å². The molecule has 0 radical (unpaired) electrons. The molecule has 13 nitrogen and oxygen atoms in total. The van der Waals surface area contributed by atoms with Gasteiger partial charge in [-0.05, 0) is 81.7 Å². The number of aliphatic imine (C=N–C) groups is 1. The second kappa shape index (κ2) is 18.2. The monoisotopic (exact) mass is 842 g/mol. The quantitative estimate of drug-likeness (QED) is 0.0366. The zero-order valence-corrected chi connectivity index (χ0v) is 36.1. The predicted octanol–water partition coefficient (Wildman–Crippen LogP) is 8.23. The summed E-state index contributed by atoms with van der Waals surface area (Å²) >= 11 is 8.66. The third-order valence-corrected chi connectivity index (χ3v) is 11.4. The van der Waals surface area contributed by atoms with Crippen LogP contribution in [-0.2, 0) is 52.0 Å². The third kappa shape index (κ3) is 9.71. The van der Waals surface area contributed by atoms with Crippen LogP contribution in [0.15, 0.2) is 70.2 Å². The van der Waals surface area contributed by atoms with E-state index < -0.39 is 17.7 Å². The number of nitrogens with zero attached hydrogens (tertiary/aromatic N) is 5. The Bertz CT molecular complexity index is 2480. The van der Waals surface area contributed by atoms with Crippen LogP contribution in [0.2, 0.25) is 5.02 Å². The molecule has 0 saturated carbocycles. The Kier molecular flexibility index (Phi) is 13.3. The van der Waals surface area contributed by atoms with Crippen molar-refractivity contribution >= 4 is 68.8 Å². The number of phenolic OH excluding ortho intramolecular Hbond substituents is 1. The van der Waals surface area contributed by atoms with Gasteiger partial charge in [-0.1, -0.05) is 41.9 Å². The molecule has 0 aliphatic carbocycles. The van der Waals surface area contributed by atoms with E-state index in [0.29, 0.717) is 64.0 Å². The van der Waals surface area contributed by atoms with Crippen LogP contribution in [0, 0.1) is 0 Å². The van der Waals surface area contributed by atoms with Gasteiger partial charge in [-0.25, -0.2) is 9.59 Å². The number of fused-ring (bicyclic) bond motifs is 3. The molecule has 0 spiro atoms. The molecule has 2 aromatic heterocycles. The Morgan fingerprint density at radius 2 is 1.88 bits per heavy atom. The highest BCUT2D eigenvalue weighted by Crippen LogP contribution is 2.44. The lowest BCUT2D eigenvalue weighted by Gasteiger charge is -2.27. The summed E-state index contributed by atoms with van der Waals surface area (Å²) in [4.78, 5) is 45.7. The van der Waals surface area contributed by atoms with Crippen molar-refractivity contribution in [3.63, 3.8) is 0 Å². The van der Waals surface area contributed by atoms with E-state index in [1.54, 1.807) is 47.0 Å². The molecule has 0 atom stereocenters. The van der Waals surface area contributed by atoms with Crippen molar-refractivity contribution in [2.45, 2.75) is 77.0 Å². The number of hydrogen-bond acceptors (Lipinski definition) is 11. The van der Waals surface area contributed by atoms with Gasteiger partial charge in [-0.3, -0.25) is 19.4 Å². The maximum absolute atomic E-state index is 14.0. The number of aromatic hydroxyl groups is 1. The van der Waals surface area contributed by atoms with Crippen LogP contribution in [-0.4, -0.2) is 86.8 Å². The average Bonchev–Trinajstić information content (AvgIpc) is 3.85. The highest BCUT2D eigenvalue weighted by molar-refractivity contribution is 8.00. The van der Waals surface area contributed by atoms with Crippen molar-refractivity contribution in [2.24, 2.45) is 17.8 Å². The number of carbonyl (C=O) groups is 3. The van der Waals surface area contributed by atoms with Gasteiger partial charge in [0.1, 0.15) is 17.0 Å². The number of hydrogen-bond donors (Lipinski definition) is 2. The van der Waals surface area contributed by atoms with Crippen LogP contribution in [0.3, 0.4) is 0 Å². The molecule has 3 N–H and O–H groups in total. The smallest absolute Gasteiger partial charge is 0.410 e. The first-order valence-corrected chi connectivity index (χ1v) is 20.8. The largest absolute Gasteiger partial charge is 0.507 e. The van der Waals surface area contributed by atoms with Crippen molar-refractivity contribution in [1.82, 2.24) is 19.2 Å². The number of thioether (sulfide) groups is 1. The topological polar surface area (TPSA) is 163 Å². The van der Waals surface area contributed by atoms with Gasteiger partial charge in [0.05, 0.1) is 43.0 Å². The molecule has 0 saturated heterocycles. The van der Waals surface area contributed by atoms with Gasteiger partial charge in [-0.15, -0.1) is 11.8 Å². The predicted molar refractivity (Wildman–Crippen MR) is 232 cm³/mol. The van der Waals surface area contributed by atoms with Gasteiger partial charge in [0.15, 0.2) is 0 Å². The molecular weight excluding hydrogens is 792 g/mol. The summed E-state index contributed by atoms with van der Waals surface area (Å²) < 4.78 is 20.1. The first-order chi connectivity index (χ1) is 28.1. The number of aryl methyl sites for hydroxylation is 3. The van der Waals surface area contributed by atoms with Gasteiger partial charge in [0.2, 0.25) is 0 Å². The van der Waals surface area contributed by atoms with Gasteiger partial charge >= 0.3 is 18.0 Å². The number of halogens is 1. The van der Waals surface area contributed by atoms with Crippen LogP contribution in [0.25, 0.3) is 32.8 Å². The number of allylic oxidation sites excluding steroid dienone is 1. The fourth-order valence-electron chi connectivity index (χ4n) is 7.55. The molecule has 1 aliphatic heterocycles. The third-order valence-electron chi connectivity index (χ3n) is 10.0. The Balaban J connectivity index is 1.36. The van der Waals surface area contributed by atoms with Crippen LogP contribution in [0.5, 0.6) is 5.75 Å². The molecule has 312 valence electrons. The summed E-state index contributed by atoms with van der Waals surface area (Å²) in [5.74, 6) is -0.200. The van der Waals surface area contributed by atoms with E-state index in [9.17, 15) is 19.5 Å². The number of esters is 2. The van der Waals surface area contributed by atoms with Crippen molar-refractivity contribution in [2.75, 3.05) is 33.1 Å². The number of benzene rings is 3. The van der Waals surface area contributed by atoms with Crippen molar-refractivity contribution in [3.8, 4) is 16.9 Å². The van der Waals surface area contributed by atoms with E-state index in [1.807, 2.05) is 51.7 Å². The Labute approximate surface area is 353 Å². The molecule has 3 heterocycles. The summed E-state index contributed by atoms with van der Waals surface area (Å²) in [7, 11) is 4.84. The van der Waals surface area contributed by atoms with Gasteiger partial charge in [-0.2, -0.15) is 5.10 Å². The van der Waals surface area contributed by atoms with Crippen molar-refractivity contribution in [1.29, 1.82) is 0 Å². The number of aromatic nitrogens is 3.